The lowest BCUT2D eigenvalue weighted by molar-refractivity contribution is -0.135. The molecular weight excluding hydrogens is 336 g/mol. The molecule has 0 aliphatic carbocycles. The van der Waals surface area contributed by atoms with Gasteiger partial charge in [-0.05, 0) is 40.9 Å². The van der Waals surface area contributed by atoms with Crippen LogP contribution in [0.5, 0.6) is 5.75 Å². The smallest absolute Gasteiger partial charge is 0.249 e. The molecule has 0 N–H and O–H groups in total. The second-order valence-electron chi connectivity index (χ2n) is 5.30. The number of ether oxygens (including phenoxy) is 1. The first-order valence-corrected chi connectivity index (χ1v) is 7.85. The summed E-state index contributed by atoms with van der Waals surface area (Å²) in [4.78, 5) is 28.4. The predicted octanol–water partition coefficient (Wildman–Crippen LogP) is 2.19. The van der Waals surface area contributed by atoms with E-state index in [1.165, 1.54) is 0 Å². The Bertz CT molecular complexity index is 590. The molecule has 1 aromatic rings. The molecule has 2 aliphatic rings. The minimum atomic E-state index is -0.307. The molecule has 0 spiro atoms. The highest BCUT2D eigenvalue weighted by Gasteiger charge is 2.40. The Morgan fingerprint density at radius 2 is 2.10 bits per heavy atom. The summed E-state index contributed by atoms with van der Waals surface area (Å²) in [6.07, 6.45) is 2.02. The Hall–Kier alpha value is -1.56. The number of anilines is 1. The zero-order valence-corrected chi connectivity index (χ0v) is 13.4. The van der Waals surface area contributed by atoms with E-state index in [4.69, 9.17) is 4.74 Å². The molecule has 2 saturated heterocycles. The molecule has 3 rings (SSSR count). The van der Waals surface area contributed by atoms with Crippen LogP contribution in [0.1, 0.15) is 19.3 Å². The molecular formula is C15H17BrN2O3. The minimum absolute atomic E-state index is 0.00676. The van der Waals surface area contributed by atoms with Crippen molar-refractivity contribution >= 4 is 33.4 Å². The maximum Gasteiger partial charge on any atom is 0.249 e. The van der Waals surface area contributed by atoms with Gasteiger partial charge in [0.15, 0.2) is 0 Å². The number of carbonyl (C=O) groups excluding carboxylic acids is 2. The highest BCUT2D eigenvalue weighted by atomic mass is 79.9. The van der Waals surface area contributed by atoms with Crippen LogP contribution >= 0.6 is 15.9 Å². The summed E-state index contributed by atoms with van der Waals surface area (Å²) in [6, 6.07) is 5.22. The van der Waals surface area contributed by atoms with Crippen molar-refractivity contribution < 1.29 is 14.3 Å². The summed E-state index contributed by atoms with van der Waals surface area (Å²) in [5.41, 5.74) is 0.765. The lowest BCUT2D eigenvalue weighted by Gasteiger charge is -2.26. The zero-order chi connectivity index (χ0) is 15.0. The first kappa shape index (κ1) is 14.4. The van der Waals surface area contributed by atoms with Crippen LogP contribution in [0.2, 0.25) is 0 Å². The molecule has 0 aromatic heterocycles. The summed E-state index contributed by atoms with van der Waals surface area (Å²) in [5.74, 6) is 0.777. The fourth-order valence-corrected chi connectivity index (χ4v) is 3.49. The third kappa shape index (κ3) is 2.52. The second kappa shape index (κ2) is 5.67. The Morgan fingerprint density at radius 1 is 1.29 bits per heavy atom. The molecule has 1 unspecified atom stereocenters. The van der Waals surface area contributed by atoms with Crippen molar-refractivity contribution in [3.05, 3.63) is 22.7 Å². The predicted molar refractivity (Wildman–Crippen MR) is 82.4 cm³/mol. The lowest BCUT2D eigenvalue weighted by atomic mass is 10.2. The number of rotatable bonds is 2. The van der Waals surface area contributed by atoms with Gasteiger partial charge in [0, 0.05) is 30.0 Å². The zero-order valence-electron chi connectivity index (χ0n) is 11.8. The van der Waals surface area contributed by atoms with Gasteiger partial charge in [-0.15, -0.1) is 0 Å². The van der Waals surface area contributed by atoms with Crippen LogP contribution in [0.4, 0.5) is 5.69 Å². The van der Waals surface area contributed by atoms with Crippen molar-refractivity contribution in [3.63, 3.8) is 0 Å². The number of carbonyl (C=O) groups is 2. The summed E-state index contributed by atoms with van der Waals surface area (Å²) >= 11 is 3.49. The van der Waals surface area contributed by atoms with E-state index in [0.717, 1.165) is 23.0 Å². The van der Waals surface area contributed by atoms with Crippen molar-refractivity contribution in [2.45, 2.75) is 25.3 Å². The van der Waals surface area contributed by atoms with Crippen LogP contribution in [0, 0.1) is 0 Å². The molecule has 21 heavy (non-hydrogen) atoms. The normalized spacial score (nSPS) is 22.3. The molecule has 2 heterocycles. The molecule has 0 bridgehead atoms. The number of hydrogen-bond acceptors (Lipinski definition) is 3. The highest BCUT2D eigenvalue weighted by molar-refractivity contribution is 9.10. The quantitative estimate of drug-likeness (QED) is 0.819. The van der Waals surface area contributed by atoms with Gasteiger partial charge in [0.2, 0.25) is 11.8 Å². The molecule has 2 amide bonds. The maximum absolute atomic E-state index is 12.8. The van der Waals surface area contributed by atoms with Gasteiger partial charge in [-0.3, -0.25) is 9.59 Å². The maximum atomic E-state index is 12.8. The van der Waals surface area contributed by atoms with Crippen LogP contribution in [0.3, 0.4) is 0 Å². The van der Waals surface area contributed by atoms with Gasteiger partial charge in [0.1, 0.15) is 11.8 Å². The molecule has 112 valence electrons. The van der Waals surface area contributed by atoms with Crippen LogP contribution < -0.4 is 9.64 Å². The number of nitrogens with zero attached hydrogens (tertiary/aromatic N) is 2. The van der Waals surface area contributed by atoms with Gasteiger partial charge in [-0.25, -0.2) is 0 Å². The average Bonchev–Trinajstić information content (AvgIpc) is 2.94. The third-order valence-corrected chi connectivity index (χ3v) is 4.79. The number of hydrogen-bond donors (Lipinski definition) is 0. The van der Waals surface area contributed by atoms with Crippen molar-refractivity contribution in [2.75, 3.05) is 25.1 Å². The Labute approximate surface area is 132 Å². The van der Waals surface area contributed by atoms with E-state index in [0.29, 0.717) is 25.3 Å². The van der Waals surface area contributed by atoms with Gasteiger partial charge in [-0.1, -0.05) is 0 Å². The van der Waals surface area contributed by atoms with Crippen LogP contribution in [-0.2, 0) is 9.59 Å². The largest absolute Gasteiger partial charge is 0.497 e. The molecule has 2 aliphatic heterocycles. The first-order valence-electron chi connectivity index (χ1n) is 7.06. The first-order chi connectivity index (χ1) is 10.1. The monoisotopic (exact) mass is 352 g/mol. The fraction of sp³-hybridized carbons (Fsp3) is 0.467. The number of halogens is 1. The van der Waals surface area contributed by atoms with E-state index >= 15 is 0 Å². The van der Waals surface area contributed by atoms with Crippen LogP contribution in [0.25, 0.3) is 0 Å². The van der Waals surface area contributed by atoms with Gasteiger partial charge in [0.25, 0.3) is 0 Å². The fourth-order valence-electron chi connectivity index (χ4n) is 3.03. The Kier molecular flexibility index (Phi) is 3.89. The number of amides is 2. The molecule has 5 nitrogen and oxygen atoms in total. The highest BCUT2D eigenvalue weighted by Crippen LogP contribution is 2.34. The van der Waals surface area contributed by atoms with Gasteiger partial charge in [0.05, 0.1) is 12.8 Å². The number of methoxy groups -OCH3 is 1. The van der Waals surface area contributed by atoms with E-state index in [1.54, 1.807) is 16.9 Å². The van der Waals surface area contributed by atoms with Crippen molar-refractivity contribution in [3.8, 4) is 5.75 Å². The summed E-state index contributed by atoms with van der Waals surface area (Å²) < 4.78 is 6.07. The molecule has 6 heteroatoms. The lowest BCUT2D eigenvalue weighted by Crippen LogP contribution is -2.43. The number of benzene rings is 1. The van der Waals surface area contributed by atoms with E-state index in [1.807, 2.05) is 18.2 Å². The standard InChI is InChI=1S/C15H17BrN2O3/c1-21-10-4-5-11(16)13(9-10)18-8-6-14(19)17-7-2-3-12(17)15(18)20/h4-5,9,12H,2-3,6-8H2,1H3. The Balaban J connectivity index is 1.98. The molecule has 1 atom stereocenters. The molecule has 0 saturated carbocycles. The van der Waals surface area contributed by atoms with E-state index in [9.17, 15) is 9.59 Å². The second-order valence-corrected chi connectivity index (χ2v) is 6.16. The van der Waals surface area contributed by atoms with Gasteiger partial charge in [-0.2, -0.15) is 0 Å². The van der Waals surface area contributed by atoms with Gasteiger partial charge < -0.3 is 14.5 Å². The number of fused-ring (bicyclic) bond motifs is 1. The van der Waals surface area contributed by atoms with Crippen molar-refractivity contribution in [1.82, 2.24) is 4.90 Å². The average molecular weight is 353 g/mol. The topological polar surface area (TPSA) is 49.9 Å². The van der Waals surface area contributed by atoms with Gasteiger partial charge >= 0.3 is 0 Å². The van der Waals surface area contributed by atoms with E-state index in [2.05, 4.69) is 15.9 Å². The van der Waals surface area contributed by atoms with Crippen LogP contribution in [0.15, 0.2) is 22.7 Å². The summed E-state index contributed by atoms with van der Waals surface area (Å²) in [6.45, 7) is 1.11. The van der Waals surface area contributed by atoms with Crippen molar-refractivity contribution in [2.24, 2.45) is 0 Å². The molecule has 2 fully saturated rings. The summed E-state index contributed by atoms with van der Waals surface area (Å²) in [7, 11) is 1.60. The molecule has 1 aromatic carbocycles. The summed E-state index contributed by atoms with van der Waals surface area (Å²) in [5, 5.41) is 0. The van der Waals surface area contributed by atoms with Crippen LogP contribution in [-0.4, -0.2) is 43.0 Å². The third-order valence-electron chi connectivity index (χ3n) is 4.12. The minimum Gasteiger partial charge on any atom is -0.497 e. The molecule has 0 radical (unpaired) electrons. The van der Waals surface area contributed by atoms with Crippen molar-refractivity contribution in [1.29, 1.82) is 0 Å². The Morgan fingerprint density at radius 3 is 2.86 bits per heavy atom. The SMILES string of the molecule is COc1ccc(Br)c(N2CCC(=O)N3CCCC3C2=O)c1. The van der Waals surface area contributed by atoms with E-state index in [-0.39, 0.29) is 17.9 Å². The van der Waals surface area contributed by atoms with E-state index < -0.39 is 0 Å².